The molecule has 0 saturated heterocycles. The first-order valence-corrected chi connectivity index (χ1v) is 4.47. The molecular weight excluding hydrogens is 186 g/mol. The Hall–Kier alpha value is -0.980. The highest BCUT2D eigenvalue weighted by atomic mass is 16.3. The third kappa shape index (κ3) is 2.50. The largest absolute Gasteiger partial charge is 0.396 e. The number of hydrogen-bond donors (Lipinski definition) is 3. The summed E-state index contributed by atoms with van der Waals surface area (Å²) in [6.07, 6.45) is -0.362. The summed E-state index contributed by atoms with van der Waals surface area (Å²) in [6.45, 7) is 1.77. The van der Waals surface area contributed by atoms with Crippen molar-refractivity contribution >= 4 is 0 Å². The van der Waals surface area contributed by atoms with E-state index in [1.165, 1.54) is 4.68 Å². The molecule has 0 aliphatic rings. The predicted molar refractivity (Wildman–Crippen MR) is 48.6 cm³/mol. The van der Waals surface area contributed by atoms with Gasteiger partial charge in [-0.1, -0.05) is 5.21 Å². The predicted octanol–water partition coefficient (Wildman–Crippen LogP) is -1.53. The Balaban J connectivity index is 2.69. The molecule has 0 spiro atoms. The van der Waals surface area contributed by atoms with Gasteiger partial charge in [0.2, 0.25) is 0 Å². The standard InChI is InChI=1S/C8H15N3O3/c1-6-8(2-3-12)9-10-11(6)4-7(14)5-13/h7,12-14H,2-5H2,1H3. The van der Waals surface area contributed by atoms with Crippen molar-refractivity contribution in [3.05, 3.63) is 11.4 Å². The van der Waals surface area contributed by atoms with Crippen LogP contribution in [0.15, 0.2) is 0 Å². The van der Waals surface area contributed by atoms with E-state index in [9.17, 15) is 5.11 Å². The zero-order valence-electron chi connectivity index (χ0n) is 8.09. The first-order chi connectivity index (χ1) is 6.69. The Morgan fingerprint density at radius 1 is 1.43 bits per heavy atom. The van der Waals surface area contributed by atoms with Crippen LogP contribution >= 0.6 is 0 Å². The van der Waals surface area contributed by atoms with Gasteiger partial charge in [-0.25, -0.2) is 4.68 Å². The third-order valence-electron chi connectivity index (χ3n) is 2.02. The number of aliphatic hydroxyl groups excluding tert-OH is 3. The highest BCUT2D eigenvalue weighted by Gasteiger charge is 2.10. The number of aliphatic hydroxyl groups is 3. The van der Waals surface area contributed by atoms with Crippen molar-refractivity contribution in [2.24, 2.45) is 0 Å². The molecule has 0 radical (unpaired) electrons. The van der Waals surface area contributed by atoms with E-state index in [1.807, 2.05) is 6.92 Å². The maximum atomic E-state index is 9.19. The fraction of sp³-hybridized carbons (Fsp3) is 0.750. The van der Waals surface area contributed by atoms with E-state index in [4.69, 9.17) is 10.2 Å². The lowest BCUT2D eigenvalue weighted by Crippen LogP contribution is -2.21. The SMILES string of the molecule is Cc1c(CCO)nnn1CC(O)CO. The number of hydrogen-bond acceptors (Lipinski definition) is 5. The van der Waals surface area contributed by atoms with Crippen LogP contribution in [0.5, 0.6) is 0 Å². The van der Waals surface area contributed by atoms with E-state index in [0.717, 1.165) is 11.4 Å². The van der Waals surface area contributed by atoms with E-state index >= 15 is 0 Å². The average Bonchev–Trinajstić information content (AvgIpc) is 2.50. The second-order valence-electron chi connectivity index (χ2n) is 3.11. The van der Waals surface area contributed by atoms with Crippen molar-refractivity contribution in [2.75, 3.05) is 13.2 Å². The van der Waals surface area contributed by atoms with Crippen molar-refractivity contribution in [3.63, 3.8) is 0 Å². The quantitative estimate of drug-likeness (QED) is 0.538. The van der Waals surface area contributed by atoms with Gasteiger partial charge >= 0.3 is 0 Å². The summed E-state index contributed by atoms with van der Waals surface area (Å²) in [7, 11) is 0. The fourth-order valence-electron chi connectivity index (χ4n) is 1.16. The third-order valence-corrected chi connectivity index (χ3v) is 2.02. The van der Waals surface area contributed by atoms with Crippen molar-refractivity contribution in [3.8, 4) is 0 Å². The van der Waals surface area contributed by atoms with Gasteiger partial charge in [0.05, 0.1) is 30.6 Å². The van der Waals surface area contributed by atoms with Crippen LogP contribution in [0.4, 0.5) is 0 Å². The molecule has 6 heteroatoms. The molecule has 6 nitrogen and oxygen atoms in total. The summed E-state index contributed by atoms with van der Waals surface area (Å²) in [4.78, 5) is 0. The van der Waals surface area contributed by atoms with E-state index in [1.54, 1.807) is 0 Å². The molecule has 1 aromatic heterocycles. The van der Waals surface area contributed by atoms with Crippen LogP contribution in [-0.2, 0) is 13.0 Å². The van der Waals surface area contributed by atoms with Crippen LogP contribution in [0.2, 0.25) is 0 Å². The monoisotopic (exact) mass is 201 g/mol. The summed E-state index contributed by atoms with van der Waals surface area (Å²) in [5.41, 5.74) is 1.53. The highest BCUT2D eigenvalue weighted by molar-refractivity contribution is 5.07. The maximum absolute atomic E-state index is 9.19. The normalized spacial score (nSPS) is 13.1. The van der Waals surface area contributed by atoms with Crippen LogP contribution in [0.3, 0.4) is 0 Å². The lowest BCUT2D eigenvalue weighted by atomic mass is 10.2. The second-order valence-corrected chi connectivity index (χ2v) is 3.11. The topological polar surface area (TPSA) is 91.4 Å². The Morgan fingerprint density at radius 3 is 2.71 bits per heavy atom. The van der Waals surface area contributed by atoms with Gasteiger partial charge in [0.1, 0.15) is 0 Å². The molecule has 0 aliphatic carbocycles. The van der Waals surface area contributed by atoms with Crippen LogP contribution in [-0.4, -0.2) is 49.6 Å². The van der Waals surface area contributed by atoms with Crippen molar-refractivity contribution < 1.29 is 15.3 Å². The van der Waals surface area contributed by atoms with E-state index in [0.29, 0.717) is 6.42 Å². The van der Waals surface area contributed by atoms with Gasteiger partial charge in [-0.3, -0.25) is 0 Å². The van der Waals surface area contributed by atoms with Gasteiger partial charge < -0.3 is 15.3 Å². The fourth-order valence-corrected chi connectivity index (χ4v) is 1.16. The van der Waals surface area contributed by atoms with Gasteiger partial charge in [0, 0.05) is 13.0 Å². The summed E-state index contributed by atoms with van der Waals surface area (Å²) >= 11 is 0. The molecule has 0 aromatic carbocycles. The Kier molecular flexibility index (Phi) is 3.99. The summed E-state index contributed by atoms with van der Waals surface area (Å²) in [5.74, 6) is 0. The van der Waals surface area contributed by atoms with Crippen molar-refractivity contribution in [1.82, 2.24) is 15.0 Å². The first-order valence-electron chi connectivity index (χ1n) is 4.47. The van der Waals surface area contributed by atoms with Crippen molar-refractivity contribution in [1.29, 1.82) is 0 Å². The maximum Gasteiger partial charge on any atom is 0.0967 e. The molecule has 0 amide bonds. The molecule has 80 valence electrons. The van der Waals surface area contributed by atoms with Gasteiger partial charge in [-0.05, 0) is 6.92 Å². The van der Waals surface area contributed by atoms with Crippen LogP contribution in [0.25, 0.3) is 0 Å². The molecular formula is C8H15N3O3. The van der Waals surface area contributed by atoms with E-state index in [2.05, 4.69) is 10.3 Å². The van der Waals surface area contributed by atoms with Gasteiger partial charge in [0.15, 0.2) is 0 Å². The summed E-state index contributed by atoms with van der Waals surface area (Å²) in [6, 6.07) is 0. The molecule has 0 aliphatic heterocycles. The molecule has 1 rings (SSSR count). The minimum Gasteiger partial charge on any atom is -0.396 e. The zero-order chi connectivity index (χ0) is 10.6. The van der Waals surface area contributed by atoms with Crippen LogP contribution < -0.4 is 0 Å². The lowest BCUT2D eigenvalue weighted by Gasteiger charge is -2.07. The lowest BCUT2D eigenvalue weighted by molar-refractivity contribution is 0.0772. The molecule has 14 heavy (non-hydrogen) atoms. The van der Waals surface area contributed by atoms with Crippen LogP contribution in [0.1, 0.15) is 11.4 Å². The minimum atomic E-state index is -0.822. The Labute approximate surface area is 81.8 Å². The molecule has 1 unspecified atom stereocenters. The summed E-state index contributed by atoms with van der Waals surface area (Å²) in [5, 5.41) is 34.2. The average molecular weight is 201 g/mol. The molecule has 3 N–H and O–H groups in total. The molecule has 0 saturated carbocycles. The molecule has 1 atom stereocenters. The number of aromatic nitrogens is 3. The Morgan fingerprint density at radius 2 is 2.14 bits per heavy atom. The summed E-state index contributed by atoms with van der Waals surface area (Å²) < 4.78 is 1.52. The first kappa shape index (κ1) is 11.1. The second kappa shape index (κ2) is 5.04. The van der Waals surface area contributed by atoms with E-state index in [-0.39, 0.29) is 19.8 Å². The van der Waals surface area contributed by atoms with Gasteiger partial charge in [-0.2, -0.15) is 0 Å². The molecule has 0 bridgehead atoms. The Bertz CT molecular complexity index is 287. The highest BCUT2D eigenvalue weighted by Crippen LogP contribution is 2.04. The number of nitrogens with zero attached hydrogens (tertiary/aromatic N) is 3. The smallest absolute Gasteiger partial charge is 0.0967 e. The van der Waals surface area contributed by atoms with Crippen molar-refractivity contribution in [2.45, 2.75) is 26.0 Å². The molecule has 1 heterocycles. The number of rotatable bonds is 5. The van der Waals surface area contributed by atoms with Gasteiger partial charge in [0.25, 0.3) is 0 Å². The molecule has 1 aromatic rings. The minimum absolute atomic E-state index is 0.0298. The molecule has 0 fully saturated rings. The zero-order valence-corrected chi connectivity index (χ0v) is 8.09. The van der Waals surface area contributed by atoms with Gasteiger partial charge in [-0.15, -0.1) is 5.10 Å². The van der Waals surface area contributed by atoms with E-state index < -0.39 is 6.10 Å². The van der Waals surface area contributed by atoms with Crippen LogP contribution in [0, 0.1) is 6.92 Å².